The number of hydrogen-bond acceptors (Lipinski definition) is 5. The number of piperidine rings is 2. The summed E-state index contributed by atoms with van der Waals surface area (Å²) in [5.41, 5.74) is 5.66. The third kappa shape index (κ3) is 4.36. The van der Waals surface area contributed by atoms with Crippen LogP contribution in [0.3, 0.4) is 0 Å². The molecule has 2 saturated heterocycles. The van der Waals surface area contributed by atoms with E-state index < -0.39 is 0 Å². The normalized spacial score (nSPS) is 23.9. The van der Waals surface area contributed by atoms with Crippen molar-refractivity contribution < 1.29 is 0 Å². The first kappa shape index (κ1) is 21.5. The molecule has 4 rings (SSSR count). The zero-order chi connectivity index (χ0) is 21.8. The molecule has 2 heterocycles. The summed E-state index contributed by atoms with van der Waals surface area (Å²) in [5, 5.41) is 23.2. The maximum absolute atomic E-state index is 8.50. The summed E-state index contributed by atoms with van der Waals surface area (Å²) in [6.07, 6.45) is 14.4. The van der Waals surface area contributed by atoms with E-state index in [-0.39, 0.29) is 5.41 Å². The molecule has 4 aliphatic rings. The predicted molar refractivity (Wildman–Crippen MR) is 128 cm³/mol. The smallest absolute Gasteiger partial charge is 0.0395 e. The second-order valence-corrected chi connectivity index (χ2v) is 9.24. The zero-order valence-corrected chi connectivity index (χ0v) is 18.3. The molecule has 0 bridgehead atoms. The number of likely N-dealkylation sites (tertiary alicyclic amines) is 2. The molecule has 0 amide bonds. The Kier molecular flexibility index (Phi) is 6.38. The van der Waals surface area contributed by atoms with Crippen LogP contribution in [0.15, 0.2) is 47.2 Å². The van der Waals surface area contributed by atoms with Gasteiger partial charge in [-0.05, 0) is 80.1 Å². The minimum atomic E-state index is 0.139. The molecule has 1 spiro atoms. The SMILES string of the molecule is C=C(C1CCN(C/C(C=N)=C/C=N)CC1)N1CCC2(CC1)CC(=N)C1=C2CC#CC=C1. The Hall–Kier alpha value is -2.71. The van der Waals surface area contributed by atoms with E-state index in [1.807, 2.05) is 6.08 Å². The topological polar surface area (TPSA) is 78.0 Å². The van der Waals surface area contributed by atoms with Crippen LogP contribution < -0.4 is 0 Å². The van der Waals surface area contributed by atoms with Crippen molar-refractivity contribution in [2.45, 2.75) is 38.5 Å². The quantitative estimate of drug-likeness (QED) is 0.449. The maximum Gasteiger partial charge on any atom is 0.0395 e. The van der Waals surface area contributed by atoms with Gasteiger partial charge in [-0.15, -0.1) is 0 Å². The Balaban J connectivity index is 1.32. The number of nitrogens with zero attached hydrogens (tertiary/aromatic N) is 2. The van der Waals surface area contributed by atoms with Crippen molar-refractivity contribution in [3.05, 3.63) is 47.2 Å². The van der Waals surface area contributed by atoms with E-state index in [0.717, 1.165) is 88.1 Å². The van der Waals surface area contributed by atoms with E-state index in [0.29, 0.717) is 5.92 Å². The molecule has 2 aliphatic heterocycles. The lowest BCUT2D eigenvalue weighted by Gasteiger charge is -2.45. The fraction of sp³-hybridized carbons (Fsp3) is 0.500. The van der Waals surface area contributed by atoms with Gasteiger partial charge in [-0.3, -0.25) is 4.90 Å². The molecule has 0 aromatic carbocycles. The van der Waals surface area contributed by atoms with Crippen LogP contribution in [0.25, 0.3) is 0 Å². The molecule has 2 fully saturated rings. The van der Waals surface area contributed by atoms with Crippen molar-refractivity contribution in [1.29, 1.82) is 16.2 Å². The second kappa shape index (κ2) is 9.20. The fourth-order valence-corrected chi connectivity index (χ4v) is 5.71. The van der Waals surface area contributed by atoms with Gasteiger partial charge in [0.1, 0.15) is 0 Å². The molecule has 5 heteroatoms. The van der Waals surface area contributed by atoms with Gasteiger partial charge in [0.15, 0.2) is 0 Å². The van der Waals surface area contributed by atoms with E-state index in [2.05, 4.69) is 34.3 Å². The van der Waals surface area contributed by atoms with Gasteiger partial charge in [-0.1, -0.05) is 18.4 Å². The van der Waals surface area contributed by atoms with Crippen molar-refractivity contribution in [3.8, 4) is 11.8 Å². The molecule has 0 saturated carbocycles. The highest BCUT2D eigenvalue weighted by atomic mass is 15.2. The van der Waals surface area contributed by atoms with Crippen LogP contribution in [-0.2, 0) is 0 Å². The lowest BCUT2D eigenvalue weighted by molar-refractivity contribution is 0.137. The van der Waals surface area contributed by atoms with Crippen molar-refractivity contribution in [3.63, 3.8) is 0 Å². The van der Waals surface area contributed by atoms with E-state index in [1.54, 1.807) is 6.08 Å². The fourth-order valence-electron chi connectivity index (χ4n) is 5.71. The summed E-state index contributed by atoms with van der Waals surface area (Å²) in [5.74, 6) is 6.89. The molecule has 5 nitrogen and oxygen atoms in total. The van der Waals surface area contributed by atoms with Crippen molar-refractivity contribution in [1.82, 2.24) is 9.80 Å². The Morgan fingerprint density at radius 3 is 2.61 bits per heavy atom. The molecule has 162 valence electrons. The van der Waals surface area contributed by atoms with E-state index in [1.165, 1.54) is 23.7 Å². The molecular formula is C26H33N5. The Bertz CT molecular complexity index is 923. The lowest BCUT2D eigenvalue weighted by atomic mass is 9.71. The second-order valence-electron chi connectivity index (χ2n) is 9.24. The summed E-state index contributed by atoms with van der Waals surface area (Å²) < 4.78 is 0. The van der Waals surface area contributed by atoms with E-state index in [4.69, 9.17) is 16.2 Å². The maximum atomic E-state index is 8.50. The van der Waals surface area contributed by atoms with Gasteiger partial charge in [-0.2, -0.15) is 0 Å². The van der Waals surface area contributed by atoms with Gasteiger partial charge < -0.3 is 21.1 Å². The molecule has 0 radical (unpaired) electrons. The molecule has 2 aliphatic carbocycles. The highest BCUT2D eigenvalue weighted by Crippen LogP contribution is 2.51. The molecule has 31 heavy (non-hydrogen) atoms. The zero-order valence-electron chi connectivity index (χ0n) is 18.3. The van der Waals surface area contributed by atoms with Gasteiger partial charge in [-0.25, -0.2) is 0 Å². The summed E-state index contributed by atoms with van der Waals surface area (Å²) in [4.78, 5) is 4.89. The third-order valence-corrected chi connectivity index (χ3v) is 7.58. The molecule has 3 N–H and O–H groups in total. The van der Waals surface area contributed by atoms with Gasteiger partial charge in [0, 0.05) is 61.2 Å². The number of hydrogen-bond donors (Lipinski definition) is 3. The standard InChI is InChI=1S/C26H33N5/c1-20(22-8-13-30(14-9-22)19-21(18-28)7-12-27)31-15-10-26(11-16-31)17-25(29)23-5-3-2-4-6-24(23)26/h3,5,7,12,18,22,27-29H,1,6,8-11,13-17,19H2/b21-7+,27-12?,28-18?,29-25?. The summed E-state index contributed by atoms with van der Waals surface area (Å²) in [7, 11) is 0. The first-order valence-electron chi connectivity index (χ1n) is 11.4. The van der Waals surface area contributed by atoms with Crippen LogP contribution in [0.4, 0.5) is 0 Å². The van der Waals surface area contributed by atoms with Crippen molar-refractivity contribution >= 4 is 18.1 Å². The highest BCUT2D eigenvalue weighted by Gasteiger charge is 2.45. The molecule has 0 unspecified atom stereocenters. The molecule has 0 atom stereocenters. The highest BCUT2D eigenvalue weighted by molar-refractivity contribution is 6.04. The van der Waals surface area contributed by atoms with Gasteiger partial charge >= 0.3 is 0 Å². The van der Waals surface area contributed by atoms with Crippen LogP contribution in [0.2, 0.25) is 0 Å². The Morgan fingerprint density at radius 2 is 1.94 bits per heavy atom. The van der Waals surface area contributed by atoms with Gasteiger partial charge in [0.2, 0.25) is 0 Å². The van der Waals surface area contributed by atoms with Crippen molar-refractivity contribution in [2.24, 2.45) is 11.3 Å². The Morgan fingerprint density at radius 1 is 1.19 bits per heavy atom. The first-order chi connectivity index (χ1) is 15.1. The summed E-state index contributed by atoms with van der Waals surface area (Å²) in [6.45, 7) is 9.35. The van der Waals surface area contributed by atoms with Crippen LogP contribution in [0.5, 0.6) is 0 Å². The van der Waals surface area contributed by atoms with Gasteiger partial charge in [0.05, 0.1) is 0 Å². The number of allylic oxidation sites excluding steroid dienone is 6. The lowest BCUT2D eigenvalue weighted by Crippen LogP contribution is -2.43. The summed E-state index contributed by atoms with van der Waals surface area (Å²) in [6, 6.07) is 0. The number of fused-ring (bicyclic) bond motifs is 1. The molecule has 0 aromatic heterocycles. The van der Waals surface area contributed by atoms with E-state index in [9.17, 15) is 0 Å². The average Bonchev–Trinajstić information content (AvgIpc) is 2.95. The Labute approximate surface area is 186 Å². The van der Waals surface area contributed by atoms with Crippen LogP contribution >= 0.6 is 0 Å². The monoisotopic (exact) mass is 415 g/mol. The minimum absolute atomic E-state index is 0.139. The third-order valence-electron chi connectivity index (χ3n) is 7.58. The molecular weight excluding hydrogens is 382 g/mol. The number of rotatable bonds is 6. The first-order valence-corrected chi connectivity index (χ1v) is 11.4. The van der Waals surface area contributed by atoms with Crippen LogP contribution in [0.1, 0.15) is 38.5 Å². The van der Waals surface area contributed by atoms with Gasteiger partial charge in [0.25, 0.3) is 0 Å². The van der Waals surface area contributed by atoms with Crippen molar-refractivity contribution in [2.75, 3.05) is 32.7 Å². The molecule has 0 aromatic rings. The van der Waals surface area contributed by atoms with E-state index >= 15 is 0 Å². The predicted octanol–water partition coefficient (Wildman–Crippen LogP) is 4.20. The minimum Gasteiger partial charge on any atom is -0.375 e. The largest absolute Gasteiger partial charge is 0.375 e. The summed E-state index contributed by atoms with van der Waals surface area (Å²) >= 11 is 0. The average molecular weight is 416 g/mol. The van der Waals surface area contributed by atoms with Crippen LogP contribution in [0, 0.1) is 39.4 Å². The van der Waals surface area contributed by atoms with Crippen LogP contribution in [-0.4, -0.2) is 60.7 Å². The number of nitrogens with one attached hydrogen (secondary N) is 3.